The molecule has 0 unspecified atom stereocenters. The van der Waals surface area contributed by atoms with Crippen molar-refractivity contribution in [3.05, 3.63) is 59.7 Å². The average molecular weight is 469 g/mol. The molecule has 1 aliphatic rings. The molecule has 1 aliphatic heterocycles. The standard InChI is InChI=1S/C25H33FN6O2/c1-18(2)11-12-32-25(27-28-29-32)24(20-17-19(33-3)9-10-23(20)34-4)31-15-13-30(14-16-31)22-8-6-5-7-21(22)26/h5-10,17-18,24H,11-16H2,1-4H3/t24-/m1/s1. The SMILES string of the molecule is COc1ccc(OC)c([C@H](c2nnnn2CCC(C)C)N2CCN(c3ccccc3F)CC2)c1. The topological polar surface area (TPSA) is 68.5 Å². The van der Waals surface area contributed by atoms with Crippen LogP contribution in [0.4, 0.5) is 10.1 Å². The maximum atomic E-state index is 14.4. The summed E-state index contributed by atoms with van der Waals surface area (Å²) in [6, 6.07) is 12.5. The molecule has 0 bridgehead atoms. The number of halogens is 1. The first-order chi connectivity index (χ1) is 16.5. The van der Waals surface area contributed by atoms with Crippen molar-refractivity contribution in [3.63, 3.8) is 0 Å². The van der Waals surface area contributed by atoms with Crippen LogP contribution in [0, 0.1) is 11.7 Å². The van der Waals surface area contributed by atoms with Gasteiger partial charge >= 0.3 is 0 Å². The number of nitrogens with zero attached hydrogens (tertiary/aromatic N) is 6. The number of para-hydroxylation sites is 1. The average Bonchev–Trinajstić information content (AvgIpc) is 3.32. The van der Waals surface area contributed by atoms with Crippen LogP contribution in [-0.2, 0) is 6.54 Å². The summed E-state index contributed by atoms with van der Waals surface area (Å²) in [5.41, 5.74) is 1.58. The van der Waals surface area contributed by atoms with Gasteiger partial charge in [-0.15, -0.1) is 5.10 Å². The van der Waals surface area contributed by atoms with E-state index in [1.807, 2.05) is 35.0 Å². The number of benzene rings is 2. The first-order valence-corrected chi connectivity index (χ1v) is 11.7. The van der Waals surface area contributed by atoms with E-state index in [1.54, 1.807) is 20.3 Å². The molecule has 1 fully saturated rings. The van der Waals surface area contributed by atoms with E-state index in [4.69, 9.17) is 9.47 Å². The zero-order valence-corrected chi connectivity index (χ0v) is 20.3. The normalized spacial score (nSPS) is 15.5. The molecule has 2 aromatic carbocycles. The molecule has 9 heteroatoms. The van der Waals surface area contributed by atoms with Crippen molar-refractivity contribution in [2.24, 2.45) is 5.92 Å². The maximum absolute atomic E-state index is 14.4. The molecule has 2 heterocycles. The zero-order chi connectivity index (χ0) is 24.1. The first kappa shape index (κ1) is 23.9. The van der Waals surface area contributed by atoms with Gasteiger partial charge in [0.15, 0.2) is 5.82 Å². The van der Waals surface area contributed by atoms with E-state index >= 15 is 0 Å². The molecule has 0 amide bonds. The second-order valence-corrected chi connectivity index (χ2v) is 8.93. The third-order valence-electron chi connectivity index (χ3n) is 6.33. The molecule has 3 aromatic rings. The minimum absolute atomic E-state index is 0.195. The lowest BCUT2D eigenvalue weighted by Crippen LogP contribution is -2.48. The molecule has 34 heavy (non-hydrogen) atoms. The van der Waals surface area contributed by atoms with Crippen LogP contribution in [-0.4, -0.2) is 65.5 Å². The number of tetrazole rings is 1. The Morgan fingerprint density at radius 2 is 1.76 bits per heavy atom. The van der Waals surface area contributed by atoms with Crippen LogP contribution >= 0.6 is 0 Å². The van der Waals surface area contributed by atoms with Gasteiger partial charge in [-0.2, -0.15) is 0 Å². The Labute approximate surface area is 200 Å². The maximum Gasteiger partial charge on any atom is 0.173 e. The smallest absolute Gasteiger partial charge is 0.173 e. The molecule has 1 atom stereocenters. The van der Waals surface area contributed by atoms with E-state index in [2.05, 4.69) is 39.2 Å². The number of aromatic nitrogens is 4. The predicted octanol–water partition coefficient (Wildman–Crippen LogP) is 3.79. The monoisotopic (exact) mass is 468 g/mol. The van der Waals surface area contributed by atoms with Crippen molar-refractivity contribution in [1.82, 2.24) is 25.1 Å². The number of ether oxygens (including phenoxy) is 2. The fourth-order valence-corrected chi connectivity index (χ4v) is 4.43. The van der Waals surface area contributed by atoms with Gasteiger partial charge in [0.05, 0.1) is 19.9 Å². The van der Waals surface area contributed by atoms with Crippen molar-refractivity contribution in [3.8, 4) is 11.5 Å². The summed E-state index contributed by atoms with van der Waals surface area (Å²) in [6.45, 7) is 7.93. The quantitative estimate of drug-likeness (QED) is 0.473. The summed E-state index contributed by atoms with van der Waals surface area (Å²) < 4.78 is 27.5. The van der Waals surface area contributed by atoms with E-state index in [0.717, 1.165) is 48.9 Å². The first-order valence-electron chi connectivity index (χ1n) is 11.7. The second-order valence-electron chi connectivity index (χ2n) is 8.93. The number of piperazine rings is 1. The van der Waals surface area contributed by atoms with Crippen molar-refractivity contribution in [2.75, 3.05) is 45.3 Å². The van der Waals surface area contributed by atoms with E-state index in [9.17, 15) is 4.39 Å². The largest absolute Gasteiger partial charge is 0.497 e. The molecule has 0 saturated carbocycles. The van der Waals surface area contributed by atoms with E-state index in [0.29, 0.717) is 24.7 Å². The van der Waals surface area contributed by atoms with Gasteiger partial charge in [-0.25, -0.2) is 9.07 Å². The number of hydrogen-bond donors (Lipinski definition) is 0. The molecular weight excluding hydrogens is 435 g/mol. The third-order valence-corrected chi connectivity index (χ3v) is 6.33. The Bertz CT molecular complexity index is 1080. The minimum Gasteiger partial charge on any atom is -0.497 e. The summed E-state index contributed by atoms with van der Waals surface area (Å²) in [5, 5.41) is 12.8. The summed E-state index contributed by atoms with van der Waals surface area (Å²) in [5.74, 6) is 2.60. The van der Waals surface area contributed by atoms with E-state index in [-0.39, 0.29) is 11.9 Å². The summed E-state index contributed by atoms with van der Waals surface area (Å²) in [4.78, 5) is 4.43. The molecular formula is C25H33FN6O2. The number of rotatable bonds is 9. The Kier molecular flexibility index (Phi) is 7.62. The van der Waals surface area contributed by atoms with Gasteiger partial charge in [-0.3, -0.25) is 4.90 Å². The van der Waals surface area contributed by atoms with Crippen molar-refractivity contribution >= 4 is 5.69 Å². The van der Waals surface area contributed by atoms with Gasteiger partial charge < -0.3 is 14.4 Å². The molecule has 0 radical (unpaired) electrons. The van der Waals surface area contributed by atoms with Crippen LogP contribution < -0.4 is 14.4 Å². The van der Waals surface area contributed by atoms with Gasteiger partial charge in [0, 0.05) is 38.3 Å². The van der Waals surface area contributed by atoms with Crippen LogP contribution in [0.3, 0.4) is 0 Å². The van der Waals surface area contributed by atoms with Crippen LogP contribution in [0.1, 0.15) is 37.7 Å². The van der Waals surface area contributed by atoms with Gasteiger partial charge in [0.25, 0.3) is 0 Å². The third kappa shape index (κ3) is 5.14. The fraction of sp³-hybridized carbons (Fsp3) is 0.480. The molecule has 182 valence electrons. The highest BCUT2D eigenvalue weighted by Crippen LogP contribution is 2.37. The predicted molar refractivity (Wildman–Crippen MR) is 129 cm³/mol. The summed E-state index contributed by atoms with van der Waals surface area (Å²) in [7, 11) is 3.32. The Morgan fingerprint density at radius 1 is 1.00 bits per heavy atom. The van der Waals surface area contributed by atoms with Crippen LogP contribution in [0.2, 0.25) is 0 Å². The number of aryl methyl sites for hydroxylation is 1. The lowest BCUT2D eigenvalue weighted by atomic mass is 10.0. The molecule has 0 N–H and O–H groups in total. The van der Waals surface area contributed by atoms with Crippen molar-refractivity contribution in [2.45, 2.75) is 32.9 Å². The van der Waals surface area contributed by atoms with Crippen LogP contribution in [0.15, 0.2) is 42.5 Å². The second kappa shape index (κ2) is 10.8. The highest BCUT2D eigenvalue weighted by Gasteiger charge is 2.33. The number of anilines is 1. The van der Waals surface area contributed by atoms with Gasteiger partial charge in [-0.05, 0) is 53.1 Å². The summed E-state index contributed by atoms with van der Waals surface area (Å²) >= 11 is 0. The molecule has 0 spiro atoms. The Balaban J connectivity index is 1.68. The minimum atomic E-state index is -0.227. The van der Waals surface area contributed by atoms with E-state index < -0.39 is 0 Å². The van der Waals surface area contributed by atoms with Crippen LogP contribution in [0.25, 0.3) is 0 Å². The fourth-order valence-electron chi connectivity index (χ4n) is 4.43. The number of hydrogen-bond acceptors (Lipinski definition) is 7. The Hall–Kier alpha value is -3.20. The van der Waals surface area contributed by atoms with Gasteiger partial charge in [-0.1, -0.05) is 26.0 Å². The van der Waals surface area contributed by atoms with E-state index in [1.165, 1.54) is 6.07 Å². The highest BCUT2D eigenvalue weighted by atomic mass is 19.1. The lowest BCUT2D eigenvalue weighted by molar-refractivity contribution is 0.196. The van der Waals surface area contributed by atoms with Gasteiger partial charge in [0.1, 0.15) is 23.4 Å². The molecule has 8 nitrogen and oxygen atoms in total. The lowest BCUT2D eigenvalue weighted by Gasteiger charge is -2.40. The highest BCUT2D eigenvalue weighted by molar-refractivity contribution is 5.48. The molecule has 1 saturated heterocycles. The van der Waals surface area contributed by atoms with Crippen molar-refractivity contribution < 1.29 is 13.9 Å². The zero-order valence-electron chi connectivity index (χ0n) is 20.3. The van der Waals surface area contributed by atoms with Crippen molar-refractivity contribution in [1.29, 1.82) is 0 Å². The van der Waals surface area contributed by atoms with Crippen LogP contribution in [0.5, 0.6) is 11.5 Å². The number of methoxy groups -OCH3 is 2. The summed E-state index contributed by atoms with van der Waals surface area (Å²) in [6.07, 6.45) is 0.973. The van der Waals surface area contributed by atoms with Gasteiger partial charge in [0.2, 0.25) is 0 Å². The Morgan fingerprint density at radius 3 is 2.44 bits per heavy atom. The molecule has 4 rings (SSSR count). The molecule has 0 aliphatic carbocycles. The molecule has 1 aromatic heterocycles.